The molecule has 118 valence electrons. The predicted molar refractivity (Wildman–Crippen MR) is 93.7 cm³/mol. The lowest BCUT2D eigenvalue weighted by atomic mass is 10.0. The first-order valence-electron chi connectivity index (χ1n) is 8.02. The molecule has 1 aliphatic rings. The number of hydrogen-bond acceptors (Lipinski definition) is 2. The van der Waals surface area contributed by atoms with Crippen molar-refractivity contribution in [3.05, 3.63) is 70.3 Å². The molecule has 1 fully saturated rings. The monoisotopic (exact) mass is 306 g/mol. The van der Waals surface area contributed by atoms with Crippen LogP contribution in [0.2, 0.25) is 0 Å². The van der Waals surface area contributed by atoms with Crippen LogP contribution in [-0.4, -0.2) is 12.1 Å². The van der Waals surface area contributed by atoms with Gasteiger partial charge in [0.2, 0.25) is 5.91 Å². The van der Waals surface area contributed by atoms with Gasteiger partial charge in [-0.2, -0.15) is 5.10 Å². The van der Waals surface area contributed by atoms with Crippen LogP contribution in [0, 0.1) is 26.7 Å². The summed E-state index contributed by atoms with van der Waals surface area (Å²) in [6.07, 6.45) is 2.66. The Hall–Kier alpha value is -2.42. The number of rotatable bonds is 4. The molecule has 2 aromatic carbocycles. The molecule has 23 heavy (non-hydrogen) atoms. The number of hydrazone groups is 1. The van der Waals surface area contributed by atoms with Crippen molar-refractivity contribution in [1.29, 1.82) is 0 Å². The van der Waals surface area contributed by atoms with Gasteiger partial charge >= 0.3 is 0 Å². The van der Waals surface area contributed by atoms with Crippen LogP contribution in [0.15, 0.2) is 47.6 Å². The second-order valence-corrected chi connectivity index (χ2v) is 6.41. The van der Waals surface area contributed by atoms with E-state index in [9.17, 15) is 4.79 Å². The van der Waals surface area contributed by atoms with E-state index in [0.29, 0.717) is 5.92 Å². The summed E-state index contributed by atoms with van der Waals surface area (Å²) in [5, 5.41) is 4.16. The summed E-state index contributed by atoms with van der Waals surface area (Å²) in [5.74, 6) is 0.404. The lowest BCUT2D eigenvalue weighted by Gasteiger charge is -2.06. The molecule has 0 radical (unpaired) electrons. The van der Waals surface area contributed by atoms with Crippen molar-refractivity contribution in [3.63, 3.8) is 0 Å². The maximum absolute atomic E-state index is 12.2. The number of nitrogens with one attached hydrogen (secondary N) is 1. The van der Waals surface area contributed by atoms with Crippen LogP contribution in [0.3, 0.4) is 0 Å². The molecule has 3 rings (SSSR count). The number of nitrogens with zero attached hydrogens (tertiary/aromatic N) is 1. The van der Waals surface area contributed by atoms with E-state index in [2.05, 4.69) is 55.6 Å². The first kappa shape index (κ1) is 15.5. The molecule has 0 unspecified atom stereocenters. The molecule has 0 saturated heterocycles. The Morgan fingerprint density at radius 3 is 2.43 bits per heavy atom. The third-order valence-electron chi connectivity index (χ3n) is 4.46. The van der Waals surface area contributed by atoms with Crippen LogP contribution in [-0.2, 0) is 4.79 Å². The highest BCUT2D eigenvalue weighted by Gasteiger charge is 2.43. The molecule has 1 amide bonds. The third-order valence-corrected chi connectivity index (χ3v) is 4.46. The van der Waals surface area contributed by atoms with Gasteiger partial charge in [-0.15, -0.1) is 0 Å². The maximum Gasteiger partial charge on any atom is 0.243 e. The molecule has 2 atom stereocenters. The summed E-state index contributed by atoms with van der Waals surface area (Å²) in [4.78, 5) is 12.2. The molecule has 1 N–H and O–H groups in total. The number of aryl methyl sites for hydroxylation is 3. The van der Waals surface area contributed by atoms with Crippen LogP contribution in [0.1, 0.15) is 40.2 Å². The van der Waals surface area contributed by atoms with Gasteiger partial charge in [0.25, 0.3) is 0 Å². The van der Waals surface area contributed by atoms with Gasteiger partial charge in [-0.3, -0.25) is 4.79 Å². The largest absolute Gasteiger partial charge is 0.273 e. The Labute approximate surface area is 137 Å². The van der Waals surface area contributed by atoms with E-state index >= 15 is 0 Å². The van der Waals surface area contributed by atoms with E-state index < -0.39 is 0 Å². The lowest BCUT2D eigenvalue weighted by Crippen LogP contribution is -2.20. The highest BCUT2D eigenvalue weighted by atomic mass is 16.2. The fourth-order valence-electron chi connectivity index (χ4n) is 3.19. The van der Waals surface area contributed by atoms with Crippen LogP contribution >= 0.6 is 0 Å². The van der Waals surface area contributed by atoms with E-state index in [1.807, 2.05) is 18.2 Å². The smallest absolute Gasteiger partial charge is 0.243 e. The standard InChI is InChI=1S/C20H22N2O/c1-13-9-14(2)19(15(3)10-13)12-21-22-20(23)18-11-17(18)16-7-5-4-6-8-16/h4-10,12,17-18H,11H2,1-3H3,(H,22,23)/b21-12-/t17-,18+/m0/s1. The Balaban J connectivity index is 1.60. The van der Waals surface area contributed by atoms with Crippen LogP contribution in [0.25, 0.3) is 0 Å². The number of amides is 1. The van der Waals surface area contributed by atoms with E-state index in [1.165, 1.54) is 22.3 Å². The van der Waals surface area contributed by atoms with Crippen molar-refractivity contribution >= 4 is 12.1 Å². The minimum absolute atomic E-state index is 0.0116. The van der Waals surface area contributed by atoms with E-state index in [0.717, 1.165) is 12.0 Å². The molecule has 0 aliphatic heterocycles. The molecule has 2 aromatic rings. The van der Waals surface area contributed by atoms with Crippen LogP contribution in [0.4, 0.5) is 0 Å². The molecule has 1 saturated carbocycles. The summed E-state index contributed by atoms with van der Waals surface area (Å²) < 4.78 is 0. The van der Waals surface area contributed by atoms with E-state index in [-0.39, 0.29) is 11.8 Å². The lowest BCUT2D eigenvalue weighted by molar-refractivity contribution is -0.122. The summed E-state index contributed by atoms with van der Waals surface area (Å²) >= 11 is 0. The number of hydrogen-bond donors (Lipinski definition) is 1. The third kappa shape index (κ3) is 3.50. The van der Waals surface area contributed by atoms with Gasteiger partial charge in [-0.1, -0.05) is 48.0 Å². The fraction of sp³-hybridized carbons (Fsp3) is 0.300. The maximum atomic E-state index is 12.2. The second kappa shape index (κ2) is 6.37. The zero-order valence-electron chi connectivity index (χ0n) is 13.8. The van der Waals surface area contributed by atoms with Crippen molar-refractivity contribution in [2.45, 2.75) is 33.1 Å². The Bertz CT molecular complexity index is 726. The van der Waals surface area contributed by atoms with Gasteiger partial charge in [-0.25, -0.2) is 5.43 Å². The molecule has 0 aromatic heterocycles. The molecule has 0 heterocycles. The summed E-state index contributed by atoms with van der Waals surface area (Å²) in [6, 6.07) is 14.5. The first-order chi connectivity index (χ1) is 11.1. The molecular weight excluding hydrogens is 284 g/mol. The van der Waals surface area contributed by atoms with Crippen molar-refractivity contribution in [1.82, 2.24) is 5.43 Å². The van der Waals surface area contributed by atoms with Gasteiger partial charge in [0, 0.05) is 11.5 Å². The van der Waals surface area contributed by atoms with Gasteiger partial charge in [0.15, 0.2) is 0 Å². The van der Waals surface area contributed by atoms with Gasteiger partial charge in [0.05, 0.1) is 6.21 Å². The van der Waals surface area contributed by atoms with Crippen molar-refractivity contribution in [2.24, 2.45) is 11.0 Å². The number of carbonyl (C=O) groups is 1. The topological polar surface area (TPSA) is 41.5 Å². The zero-order valence-corrected chi connectivity index (χ0v) is 13.8. The number of carbonyl (C=O) groups excluding carboxylic acids is 1. The second-order valence-electron chi connectivity index (χ2n) is 6.41. The SMILES string of the molecule is Cc1cc(C)c(/C=N\NC(=O)[C@@H]2C[C@H]2c2ccccc2)c(C)c1. The molecule has 0 spiro atoms. The van der Waals surface area contributed by atoms with E-state index in [1.54, 1.807) is 6.21 Å². The van der Waals surface area contributed by atoms with Crippen molar-refractivity contribution < 1.29 is 4.79 Å². The Morgan fingerprint density at radius 1 is 1.13 bits per heavy atom. The van der Waals surface area contributed by atoms with E-state index in [4.69, 9.17) is 0 Å². The minimum atomic E-state index is 0.0116. The molecule has 3 nitrogen and oxygen atoms in total. The summed E-state index contributed by atoms with van der Waals surface area (Å²) in [6.45, 7) is 6.21. The van der Waals surface area contributed by atoms with Gasteiger partial charge in [0.1, 0.15) is 0 Å². The molecule has 3 heteroatoms. The average molecular weight is 306 g/mol. The highest BCUT2D eigenvalue weighted by molar-refractivity contribution is 5.87. The number of benzene rings is 2. The average Bonchev–Trinajstić information content (AvgIpc) is 3.31. The Morgan fingerprint density at radius 2 is 1.78 bits per heavy atom. The van der Waals surface area contributed by atoms with Crippen molar-refractivity contribution in [2.75, 3.05) is 0 Å². The fourth-order valence-corrected chi connectivity index (χ4v) is 3.19. The van der Waals surface area contributed by atoms with Crippen LogP contribution < -0.4 is 5.43 Å². The zero-order chi connectivity index (χ0) is 16.4. The molecule has 0 bridgehead atoms. The normalized spacial score (nSPS) is 19.8. The van der Waals surface area contributed by atoms with Gasteiger partial charge < -0.3 is 0 Å². The predicted octanol–water partition coefficient (Wildman–Crippen LogP) is 3.87. The minimum Gasteiger partial charge on any atom is -0.273 e. The summed E-state index contributed by atoms with van der Waals surface area (Å²) in [7, 11) is 0. The first-order valence-corrected chi connectivity index (χ1v) is 8.02. The van der Waals surface area contributed by atoms with Gasteiger partial charge in [-0.05, 0) is 49.8 Å². The summed E-state index contributed by atoms with van der Waals surface area (Å²) in [5.41, 5.74) is 8.60. The quantitative estimate of drug-likeness (QED) is 0.676. The van der Waals surface area contributed by atoms with Crippen LogP contribution in [0.5, 0.6) is 0 Å². The molecular formula is C20H22N2O. The highest BCUT2D eigenvalue weighted by Crippen LogP contribution is 2.47. The van der Waals surface area contributed by atoms with Crippen molar-refractivity contribution in [3.8, 4) is 0 Å². The molecule has 1 aliphatic carbocycles. The Kier molecular flexibility index (Phi) is 4.28.